The lowest BCUT2D eigenvalue weighted by Crippen LogP contribution is -2.33. The second-order valence-electron chi connectivity index (χ2n) is 6.28. The number of ether oxygens (including phenoxy) is 2. The molecule has 2 fully saturated rings. The van der Waals surface area contributed by atoms with Gasteiger partial charge in [-0.3, -0.25) is 5.10 Å². The summed E-state index contributed by atoms with van der Waals surface area (Å²) in [6, 6.07) is 10.8. The maximum Gasteiger partial charge on any atom is 0.0949 e. The number of hydrogen-bond acceptors (Lipinski definition) is 4. The molecule has 5 nitrogen and oxygen atoms in total. The van der Waals surface area contributed by atoms with E-state index in [-0.39, 0.29) is 18.5 Å². The van der Waals surface area contributed by atoms with Gasteiger partial charge in [0, 0.05) is 43.5 Å². The first-order chi connectivity index (χ1) is 11.4. The molecule has 1 unspecified atom stereocenters. The summed E-state index contributed by atoms with van der Waals surface area (Å²) in [7, 11) is 0. The van der Waals surface area contributed by atoms with Crippen molar-refractivity contribution >= 4 is 12.4 Å². The number of halogens is 1. The van der Waals surface area contributed by atoms with Crippen molar-refractivity contribution in [3.8, 4) is 11.3 Å². The molecule has 2 N–H and O–H groups in total. The molecule has 0 saturated carbocycles. The van der Waals surface area contributed by atoms with Crippen LogP contribution in [0.2, 0.25) is 0 Å². The lowest BCUT2D eigenvalue weighted by atomic mass is 9.96. The van der Waals surface area contributed by atoms with Gasteiger partial charge in [-0.05, 0) is 24.5 Å². The predicted octanol–water partition coefficient (Wildman–Crippen LogP) is 3.05. The van der Waals surface area contributed by atoms with E-state index >= 15 is 0 Å². The summed E-state index contributed by atoms with van der Waals surface area (Å²) >= 11 is 0. The molecule has 130 valence electrons. The number of benzene rings is 1. The number of morpholine rings is 1. The Labute approximate surface area is 148 Å². The molecule has 1 aromatic heterocycles. The zero-order valence-electron chi connectivity index (χ0n) is 13.7. The van der Waals surface area contributed by atoms with Crippen molar-refractivity contribution in [3.05, 3.63) is 41.6 Å². The highest BCUT2D eigenvalue weighted by Crippen LogP contribution is 2.29. The van der Waals surface area contributed by atoms with Crippen LogP contribution in [0, 0.1) is 0 Å². The number of H-pyrrole nitrogens is 1. The Kier molecular flexibility index (Phi) is 5.89. The van der Waals surface area contributed by atoms with Crippen LogP contribution in [0.1, 0.15) is 36.1 Å². The molecule has 2 aliphatic rings. The van der Waals surface area contributed by atoms with Crippen molar-refractivity contribution in [1.82, 2.24) is 15.5 Å². The number of rotatable bonds is 3. The molecular formula is C18H24ClN3O2. The van der Waals surface area contributed by atoms with Gasteiger partial charge in [-0.1, -0.05) is 24.3 Å². The van der Waals surface area contributed by atoms with Gasteiger partial charge in [0.15, 0.2) is 0 Å². The van der Waals surface area contributed by atoms with Gasteiger partial charge in [0.2, 0.25) is 0 Å². The molecule has 6 heteroatoms. The van der Waals surface area contributed by atoms with Crippen LogP contribution in [-0.4, -0.2) is 43.1 Å². The zero-order valence-corrected chi connectivity index (χ0v) is 14.5. The minimum Gasteiger partial charge on any atom is -0.381 e. The van der Waals surface area contributed by atoms with Gasteiger partial charge in [0.05, 0.1) is 18.4 Å². The fourth-order valence-electron chi connectivity index (χ4n) is 3.35. The monoisotopic (exact) mass is 349 g/mol. The summed E-state index contributed by atoms with van der Waals surface area (Å²) in [5.74, 6) is 0.547. The summed E-state index contributed by atoms with van der Waals surface area (Å²) < 4.78 is 11.2. The Bertz CT molecular complexity index is 632. The van der Waals surface area contributed by atoms with Crippen LogP contribution in [-0.2, 0) is 9.47 Å². The van der Waals surface area contributed by atoms with Gasteiger partial charge >= 0.3 is 0 Å². The normalized spacial score (nSPS) is 22.1. The first kappa shape index (κ1) is 17.4. The third-order valence-corrected chi connectivity index (χ3v) is 4.76. The van der Waals surface area contributed by atoms with E-state index in [1.165, 1.54) is 11.3 Å². The molecule has 4 rings (SSSR count). The predicted molar refractivity (Wildman–Crippen MR) is 95.6 cm³/mol. The quantitative estimate of drug-likeness (QED) is 0.894. The zero-order chi connectivity index (χ0) is 15.5. The number of nitrogens with one attached hydrogen (secondary N) is 2. The van der Waals surface area contributed by atoms with E-state index in [4.69, 9.17) is 9.47 Å². The molecule has 0 amide bonds. The highest BCUT2D eigenvalue weighted by atomic mass is 35.5. The summed E-state index contributed by atoms with van der Waals surface area (Å²) in [5, 5.41) is 11.1. The van der Waals surface area contributed by atoms with Crippen molar-refractivity contribution in [1.29, 1.82) is 0 Å². The molecule has 0 radical (unpaired) electrons. The first-order valence-corrected chi connectivity index (χ1v) is 8.46. The van der Waals surface area contributed by atoms with Crippen LogP contribution in [0.25, 0.3) is 11.3 Å². The molecule has 0 aliphatic carbocycles. The van der Waals surface area contributed by atoms with Gasteiger partial charge in [0.25, 0.3) is 0 Å². The summed E-state index contributed by atoms with van der Waals surface area (Å²) in [5.41, 5.74) is 4.61. The second-order valence-corrected chi connectivity index (χ2v) is 6.28. The summed E-state index contributed by atoms with van der Waals surface area (Å²) in [6.45, 7) is 4.30. The van der Waals surface area contributed by atoms with Crippen LogP contribution in [0.5, 0.6) is 0 Å². The number of aromatic amines is 1. The van der Waals surface area contributed by atoms with E-state index in [0.717, 1.165) is 57.0 Å². The molecule has 2 aromatic rings. The molecular weight excluding hydrogens is 326 g/mol. The number of aromatic nitrogens is 2. The molecule has 0 bridgehead atoms. The molecule has 3 heterocycles. The minimum absolute atomic E-state index is 0. The van der Waals surface area contributed by atoms with Gasteiger partial charge < -0.3 is 14.8 Å². The highest BCUT2D eigenvalue weighted by molar-refractivity contribution is 5.85. The van der Waals surface area contributed by atoms with Crippen molar-refractivity contribution < 1.29 is 9.47 Å². The van der Waals surface area contributed by atoms with Crippen LogP contribution in [0.15, 0.2) is 30.3 Å². The fourth-order valence-corrected chi connectivity index (χ4v) is 3.35. The van der Waals surface area contributed by atoms with Crippen molar-refractivity contribution in [2.75, 3.05) is 32.9 Å². The van der Waals surface area contributed by atoms with Gasteiger partial charge in [-0.15, -0.1) is 12.4 Å². The summed E-state index contributed by atoms with van der Waals surface area (Å²) in [4.78, 5) is 0. The lowest BCUT2D eigenvalue weighted by Gasteiger charge is -2.24. The van der Waals surface area contributed by atoms with E-state index in [1.54, 1.807) is 0 Å². The SMILES string of the molecule is Cl.c1cc(C2CNCCO2)ccc1-c1cc(C2CCOCC2)[nH]n1. The van der Waals surface area contributed by atoms with Crippen LogP contribution in [0.3, 0.4) is 0 Å². The highest BCUT2D eigenvalue weighted by Gasteiger charge is 2.19. The van der Waals surface area contributed by atoms with Crippen LogP contribution in [0.4, 0.5) is 0 Å². The Morgan fingerprint density at radius 2 is 1.83 bits per heavy atom. The number of nitrogens with zero attached hydrogens (tertiary/aromatic N) is 1. The Balaban J connectivity index is 0.00000169. The third kappa shape index (κ3) is 3.81. The molecule has 2 saturated heterocycles. The molecule has 2 aliphatic heterocycles. The van der Waals surface area contributed by atoms with Crippen LogP contribution >= 0.6 is 12.4 Å². The summed E-state index contributed by atoms with van der Waals surface area (Å²) in [6.07, 6.45) is 2.31. The van der Waals surface area contributed by atoms with Crippen molar-refractivity contribution in [3.63, 3.8) is 0 Å². The largest absolute Gasteiger partial charge is 0.381 e. The molecule has 0 spiro atoms. The average Bonchev–Trinajstić information content (AvgIpc) is 3.14. The minimum atomic E-state index is 0. The van der Waals surface area contributed by atoms with Gasteiger partial charge in [-0.25, -0.2) is 0 Å². The van der Waals surface area contributed by atoms with Gasteiger partial charge in [0.1, 0.15) is 0 Å². The first-order valence-electron chi connectivity index (χ1n) is 8.46. The topological polar surface area (TPSA) is 59.2 Å². The maximum atomic E-state index is 5.80. The average molecular weight is 350 g/mol. The van der Waals surface area contributed by atoms with Crippen molar-refractivity contribution in [2.24, 2.45) is 0 Å². The number of hydrogen-bond donors (Lipinski definition) is 2. The van der Waals surface area contributed by atoms with Crippen molar-refractivity contribution in [2.45, 2.75) is 24.9 Å². The van der Waals surface area contributed by atoms with Crippen LogP contribution < -0.4 is 5.32 Å². The van der Waals surface area contributed by atoms with E-state index in [0.29, 0.717) is 5.92 Å². The standard InChI is InChI=1S/C18H23N3O2.ClH/c1-3-15(18-12-19-7-10-23-18)4-2-13(1)16-11-17(21-20-16)14-5-8-22-9-6-14;/h1-4,11,14,18-19H,5-10,12H2,(H,20,21);1H. The van der Waals surface area contributed by atoms with E-state index in [2.05, 4.69) is 45.8 Å². The Morgan fingerprint density at radius 3 is 2.54 bits per heavy atom. The molecule has 1 atom stereocenters. The Hall–Kier alpha value is -1.40. The lowest BCUT2D eigenvalue weighted by molar-refractivity contribution is 0.0277. The third-order valence-electron chi connectivity index (χ3n) is 4.76. The fraction of sp³-hybridized carbons (Fsp3) is 0.500. The second kappa shape index (κ2) is 8.12. The molecule has 1 aromatic carbocycles. The van der Waals surface area contributed by atoms with Gasteiger partial charge in [-0.2, -0.15) is 5.10 Å². The van der Waals surface area contributed by atoms with E-state index < -0.39 is 0 Å². The maximum absolute atomic E-state index is 5.80. The van der Waals surface area contributed by atoms with E-state index in [9.17, 15) is 0 Å². The van der Waals surface area contributed by atoms with E-state index in [1.807, 2.05) is 0 Å². The smallest absolute Gasteiger partial charge is 0.0949 e. The Morgan fingerprint density at radius 1 is 1.04 bits per heavy atom. The molecule has 24 heavy (non-hydrogen) atoms.